The molecule has 19 heavy (non-hydrogen) atoms. The van der Waals surface area contributed by atoms with E-state index in [0.717, 1.165) is 25.3 Å². The molecule has 2 atom stereocenters. The van der Waals surface area contributed by atoms with Crippen LogP contribution in [-0.4, -0.2) is 32.3 Å². The van der Waals surface area contributed by atoms with Crippen LogP contribution in [0.4, 0.5) is 11.4 Å². The van der Waals surface area contributed by atoms with Gasteiger partial charge >= 0.3 is 5.97 Å². The Bertz CT molecular complexity index is 456. The number of esters is 1. The molecule has 1 aromatic rings. The SMILES string of the molecule is COC(=O)c1ccc(N)c(NC(C)C2CCOC2)c1. The first kappa shape index (κ1) is 13.7. The van der Waals surface area contributed by atoms with Gasteiger partial charge in [0.05, 0.1) is 30.7 Å². The van der Waals surface area contributed by atoms with Gasteiger partial charge in [-0.05, 0) is 31.5 Å². The van der Waals surface area contributed by atoms with Crippen LogP contribution in [-0.2, 0) is 9.47 Å². The number of hydrogen-bond acceptors (Lipinski definition) is 5. The van der Waals surface area contributed by atoms with Crippen LogP contribution in [0.3, 0.4) is 0 Å². The maximum absolute atomic E-state index is 11.5. The van der Waals surface area contributed by atoms with E-state index in [1.54, 1.807) is 18.2 Å². The van der Waals surface area contributed by atoms with Gasteiger partial charge in [-0.15, -0.1) is 0 Å². The summed E-state index contributed by atoms with van der Waals surface area (Å²) < 4.78 is 10.1. The highest BCUT2D eigenvalue weighted by molar-refractivity contribution is 5.91. The summed E-state index contributed by atoms with van der Waals surface area (Å²) in [4.78, 5) is 11.5. The second-order valence-electron chi connectivity index (χ2n) is 4.85. The predicted molar refractivity (Wildman–Crippen MR) is 74.2 cm³/mol. The van der Waals surface area contributed by atoms with E-state index in [9.17, 15) is 4.79 Å². The van der Waals surface area contributed by atoms with E-state index in [1.165, 1.54) is 7.11 Å². The van der Waals surface area contributed by atoms with Crippen LogP contribution in [0.2, 0.25) is 0 Å². The van der Waals surface area contributed by atoms with Crippen LogP contribution >= 0.6 is 0 Å². The van der Waals surface area contributed by atoms with Crippen molar-refractivity contribution < 1.29 is 14.3 Å². The Kier molecular flexibility index (Phi) is 4.27. The third-order valence-corrected chi connectivity index (χ3v) is 3.53. The zero-order valence-corrected chi connectivity index (χ0v) is 11.3. The minimum Gasteiger partial charge on any atom is -0.465 e. The fourth-order valence-electron chi connectivity index (χ4n) is 2.24. The molecule has 3 N–H and O–H groups in total. The molecule has 0 aliphatic carbocycles. The Hall–Kier alpha value is -1.75. The van der Waals surface area contributed by atoms with Gasteiger partial charge < -0.3 is 20.5 Å². The summed E-state index contributed by atoms with van der Waals surface area (Å²) in [5.41, 5.74) is 7.82. The molecule has 1 heterocycles. The van der Waals surface area contributed by atoms with Gasteiger partial charge in [-0.1, -0.05) is 0 Å². The number of nitrogens with one attached hydrogen (secondary N) is 1. The van der Waals surface area contributed by atoms with Crippen LogP contribution in [0.25, 0.3) is 0 Å². The Morgan fingerprint density at radius 1 is 1.58 bits per heavy atom. The largest absolute Gasteiger partial charge is 0.465 e. The highest BCUT2D eigenvalue weighted by Crippen LogP contribution is 2.25. The average Bonchev–Trinajstić information content (AvgIpc) is 2.94. The summed E-state index contributed by atoms with van der Waals surface area (Å²) in [6, 6.07) is 5.35. The molecule has 2 rings (SSSR count). The third kappa shape index (κ3) is 3.17. The minimum atomic E-state index is -0.361. The van der Waals surface area contributed by atoms with Crippen LogP contribution in [0.5, 0.6) is 0 Å². The number of anilines is 2. The Morgan fingerprint density at radius 3 is 3.00 bits per heavy atom. The molecule has 0 aromatic heterocycles. The predicted octanol–water partition coefficient (Wildman–Crippen LogP) is 1.89. The van der Waals surface area contributed by atoms with E-state index in [1.807, 2.05) is 0 Å². The topological polar surface area (TPSA) is 73.6 Å². The highest BCUT2D eigenvalue weighted by atomic mass is 16.5. The molecular weight excluding hydrogens is 244 g/mol. The summed E-state index contributed by atoms with van der Waals surface area (Å²) in [6.45, 7) is 3.68. The van der Waals surface area contributed by atoms with Crippen molar-refractivity contribution in [3.8, 4) is 0 Å². The van der Waals surface area contributed by atoms with Crippen LogP contribution in [0.15, 0.2) is 18.2 Å². The summed E-state index contributed by atoms with van der Waals surface area (Å²) >= 11 is 0. The van der Waals surface area contributed by atoms with Gasteiger partial charge in [0.25, 0.3) is 0 Å². The fraction of sp³-hybridized carbons (Fsp3) is 0.500. The molecule has 1 aromatic carbocycles. The zero-order chi connectivity index (χ0) is 13.8. The lowest BCUT2D eigenvalue weighted by molar-refractivity contribution is 0.0601. The van der Waals surface area contributed by atoms with E-state index in [-0.39, 0.29) is 12.0 Å². The molecule has 5 nitrogen and oxygen atoms in total. The van der Waals surface area contributed by atoms with Gasteiger partial charge in [-0.2, -0.15) is 0 Å². The zero-order valence-electron chi connectivity index (χ0n) is 11.3. The number of benzene rings is 1. The smallest absolute Gasteiger partial charge is 0.337 e. The molecule has 0 amide bonds. The van der Waals surface area contributed by atoms with Crippen molar-refractivity contribution in [1.82, 2.24) is 0 Å². The first-order chi connectivity index (χ1) is 9.11. The summed E-state index contributed by atoms with van der Waals surface area (Å²) in [7, 11) is 1.37. The monoisotopic (exact) mass is 264 g/mol. The number of hydrogen-bond donors (Lipinski definition) is 2. The summed E-state index contributed by atoms with van der Waals surface area (Å²) in [6.07, 6.45) is 1.05. The molecule has 0 radical (unpaired) electrons. The molecule has 1 saturated heterocycles. The highest BCUT2D eigenvalue weighted by Gasteiger charge is 2.22. The van der Waals surface area contributed by atoms with Crippen molar-refractivity contribution in [2.75, 3.05) is 31.4 Å². The maximum atomic E-state index is 11.5. The quantitative estimate of drug-likeness (QED) is 0.641. The van der Waals surface area contributed by atoms with E-state index in [4.69, 9.17) is 15.2 Å². The molecule has 1 aliphatic rings. The normalized spacial score (nSPS) is 20.0. The summed E-state index contributed by atoms with van der Waals surface area (Å²) in [5.74, 6) is 0.112. The van der Waals surface area contributed by atoms with Crippen LogP contribution in [0.1, 0.15) is 23.7 Å². The van der Waals surface area contributed by atoms with Crippen molar-refractivity contribution >= 4 is 17.3 Å². The molecule has 0 saturated carbocycles. The molecular formula is C14H20N2O3. The second kappa shape index (κ2) is 5.93. The van der Waals surface area contributed by atoms with Crippen molar-refractivity contribution in [1.29, 1.82) is 0 Å². The number of carbonyl (C=O) groups is 1. The van der Waals surface area contributed by atoms with E-state index < -0.39 is 0 Å². The number of methoxy groups -OCH3 is 1. The van der Waals surface area contributed by atoms with Crippen molar-refractivity contribution in [3.05, 3.63) is 23.8 Å². The van der Waals surface area contributed by atoms with E-state index in [2.05, 4.69) is 12.2 Å². The van der Waals surface area contributed by atoms with Gasteiger partial charge in [0.1, 0.15) is 0 Å². The van der Waals surface area contributed by atoms with Crippen LogP contribution < -0.4 is 11.1 Å². The fourth-order valence-corrected chi connectivity index (χ4v) is 2.24. The van der Waals surface area contributed by atoms with Crippen molar-refractivity contribution in [3.63, 3.8) is 0 Å². The minimum absolute atomic E-state index is 0.248. The number of rotatable bonds is 4. The van der Waals surface area contributed by atoms with Gasteiger partial charge in [-0.3, -0.25) is 0 Å². The Labute approximate surface area is 113 Å². The lowest BCUT2D eigenvalue weighted by atomic mass is 10.00. The van der Waals surface area contributed by atoms with Gasteiger partial charge in [0.2, 0.25) is 0 Å². The number of nitrogens with two attached hydrogens (primary N) is 1. The lowest BCUT2D eigenvalue weighted by Gasteiger charge is -2.21. The maximum Gasteiger partial charge on any atom is 0.337 e. The first-order valence-corrected chi connectivity index (χ1v) is 6.44. The third-order valence-electron chi connectivity index (χ3n) is 3.53. The molecule has 5 heteroatoms. The number of carbonyl (C=O) groups excluding carboxylic acids is 1. The number of nitrogen functional groups attached to an aromatic ring is 1. The molecule has 1 fully saturated rings. The van der Waals surface area contributed by atoms with Gasteiger partial charge in [-0.25, -0.2) is 4.79 Å². The van der Waals surface area contributed by atoms with E-state index in [0.29, 0.717) is 17.2 Å². The molecule has 1 aliphatic heterocycles. The van der Waals surface area contributed by atoms with Crippen LogP contribution in [0, 0.1) is 5.92 Å². The van der Waals surface area contributed by atoms with Gasteiger partial charge in [0, 0.05) is 18.6 Å². The van der Waals surface area contributed by atoms with E-state index >= 15 is 0 Å². The molecule has 0 bridgehead atoms. The summed E-state index contributed by atoms with van der Waals surface area (Å²) in [5, 5.41) is 3.36. The molecule has 2 unspecified atom stereocenters. The average molecular weight is 264 g/mol. The van der Waals surface area contributed by atoms with Crippen molar-refractivity contribution in [2.45, 2.75) is 19.4 Å². The first-order valence-electron chi connectivity index (χ1n) is 6.44. The Balaban J connectivity index is 2.12. The van der Waals surface area contributed by atoms with Crippen molar-refractivity contribution in [2.24, 2.45) is 5.92 Å². The standard InChI is InChI=1S/C14H20N2O3/c1-9(11-5-6-19-8-11)16-13-7-10(14(17)18-2)3-4-12(13)15/h3-4,7,9,11,16H,5-6,8,15H2,1-2H3. The number of ether oxygens (including phenoxy) is 2. The molecule has 104 valence electrons. The van der Waals surface area contributed by atoms with Gasteiger partial charge in [0.15, 0.2) is 0 Å². The molecule has 0 spiro atoms. The second-order valence-corrected chi connectivity index (χ2v) is 4.85. The Morgan fingerprint density at radius 2 is 2.37 bits per heavy atom. The lowest BCUT2D eigenvalue weighted by Crippen LogP contribution is -2.26.